The third-order valence-electron chi connectivity index (χ3n) is 10.3. The molecule has 48 heavy (non-hydrogen) atoms. The number of aromatic nitrogens is 2. The average molecular weight is 668 g/mol. The van der Waals surface area contributed by atoms with E-state index in [1.54, 1.807) is 41.8 Å². The number of likely N-dealkylation sites (tertiary alicyclic amines) is 1. The molecule has 5 atom stereocenters. The molecule has 1 aromatic heterocycles. The minimum absolute atomic E-state index is 0.0209. The molecule has 4 amide bonds. The lowest BCUT2D eigenvalue weighted by molar-refractivity contribution is -0.139. The second-order valence-electron chi connectivity index (χ2n) is 13.8. The van der Waals surface area contributed by atoms with Crippen molar-refractivity contribution in [1.29, 1.82) is 0 Å². The summed E-state index contributed by atoms with van der Waals surface area (Å²) in [6.45, 7) is 6.86. The summed E-state index contributed by atoms with van der Waals surface area (Å²) in [4.78, 5) is 57.7. The maximum Gasteiger partial charge on any atom is 0.270 e. The average Bonchev–Trinajstić information content (AvgIpc) is 3.99. The van der Waals surface area contributed by atoms with E-state index in [0.717, 1.165) is 32.1 Å². The molecule has 2 aliphatic carbocycles. The summed E-state index contributed by atoms with van der Waals surface area (Å²) >= 11 is 0. The van der Waals surface area contributed by atoms with Crippen LogP contribution in [0.4, 0.5) is 10.1 Å². The Hall–Kier alpha value is -3.84. The number of hydrogen-bond acceptors (Lipinski definition) is 7. The molecule has 5 rings (SSSR count). The quantitative estimate of drug-likeness (QED) is 0.266. The first kappa shape index (κ1) is 35.5. The molecule has 3 aliphatic rings. The molecule has 12 nitrogen and oxygen atoms in total. The summed E-state index contributed by atoms with van der Waals surface area (Å²) in [6.07, 6.45) is 5.60. The molecule has 262 valence electrons. The maximum atomic E-state index is 15.8. The van der Waals surface area contributed by atoms with Crippen molar-refractivity contribution in [3.8, 4) is 0 Å². The van der Waals surface area contributed by atoms with Gasteiger partial charge in [0.15, 0.2) is 0 Å². The van der Waals surface area contributed by atoms with Crippen molar-refractivity contribution in [1.82, 2.24) is 30.2 Å². The highest BCUT2D eigenvalue weighted by Crippen LogP contribution is 2.51. The zero-order chi connectivity index (χ0) is 34.7. The number of nitrogens with zero attached hydrogens (tertiary/aromatic N) is 4. The molecular weight excluding hydrogens is 617 g/mol. The molecule has 0 radical (unpaired) electrons. The largest absolute Gasteiger partial charge is 0.372 e. The van der Waals surface area contributed by atoms with Crippen LogP contribution in [-0.2, 0) is 25.7 Å². The predicted octanol–water partition coefficient (Wildman–Crippen LogP) is 3.00. The van der Waals surface area contributed by atoms with Gasteiger partial charge in [0.25, 0.3) is 5.91 Å². The van der Waals surface area contributed by atoms with Crippen LogP contribution in [-0.4, -0.2) is 102 Å². The zero-order valence-corrected chi connectivity index (χ0v) is 28.9. The lowest BCUT2D eigenvalue weighted by atomic mass is 9.88. The van der Waals surface area contributed by atoms with Crippen LogP contribution in [0.2, 0.25) is 0 Å². The molecule has 3 N–H and O–H groups in total. The van der Waals surface area contributed by atoms with E-state index in [9.17, 15) is 19.2 Å². The molecule has 1 saturated heterocycles. The molecule has 1 aromatic carbocycles. The van der Waals surface area contributed by atoms with Crippen molar-refractivity contribution in [2.24, 2.45) is 17.8 Å². The molecule has 2 saturated carbocycles. The van der Waals surface area contributed by atoms with Gasteiger partial charge < -0.3 is 30.5 Å². The number of hydrogen-bond donors (Lipinski definition) is 3. The first-order valence-corrected chi connectivity index (χ1v) is 17.1. The van der Waals surface area contributed by atoms with Gasteiger partial charge in [-0.25, -0.2) is 4.39 Å². The number of aryl methyl sites for hydroxylation is 1. The Bertz CT molecular complexity index is 1480. The number of halogens is 1. The SMILES string of the molecule is CCn1nccc1C(=O)N[C@H](C(=O)Nc1ccc([C@H](C)[C@@H](NC(=O)[C@H](C)OC)C(=O)N2CC[C@H](N(C)C)C2)cc1F)C(C1CC1)C1CC1. The van der Waals surface area contributed by atoms with Gasteiger partial charge in [-0.2, -0.15) is 5.10 Å². The van der Waals surface area contributed by atoms with Gasteiger partial charge in [0, 0.05) is 44.9 Å². The van der Waals surface area contributed by atoms with Crippen LogP contribution in [0.1, 0.15) is 74.8 Å². The van der Waals surface area contributed by atoms with Crippen LogP contribution < -0.4 is 16.0 Å². The minimum Gasteiger partial charge on any atom is -0.372 e. The third-order valence-corrected chi connectivity index (χ3v) is 10.3. The molecule has 1 aliphatic heterocycles. The number of benzene rings is 1. The highest BCUT2D eigenvalue weighted by Gasteiger charge is 2.48. The zero-order valence-electron chi connectivity index (χ0n) is 28.9. The van der Waals surface area contributed by atoms with E-state index in [1.807, 2.05) is 21.0 Å². The Morgan fingerprint density at radius 2 is 1.69 bits per heavy atom. The fraction of sp³-hybridized carbons (Fsp3) is 0.629. The Morgan fingerprint density at radius 1 is 1.00 bits per heavy atom. The van der Waals surface area contributed by atoms with Gasteiger partial charge in [-0.1, -0.05) is 13.0 Å². The summed E-state index contributed by atoms with van der Waals surface area (Å²) in [6, 6.07) is 4.48. The van der Waals surface area contributed by atoms with E-state index in [0.29, 0.717) is 42.7 Å². The summed E-state index contributed by atoms with van der Waals surface area (Å²) in [5.74, 6) is -2.15. The summed E-state index contributed by atoms with van der Waals surface area (Å²) in [5, 5.41) is 12.8. The van der Waals surface area contributed by atoms with E-state index >= 15 is 4.39 Å². The van der Waals surface area contributed by atoms with Gasteiger partial charge >= 0.3 is 0 Å². The number of amides is 4. The number of rotatable bonds is 15. The first-order chi connectivity index (χ1) is 22.9. The number of anilines is 1. The first-order valence-electron chi connectivity index (χ1n) is 17.1. The van der Waals surface area contributed by atoms with Crippen molar-refractivity contribution in [2.75, 3.05) is 39.6 Å². The Labute approximate surface area is 282 Å². The topological polar surface area (TPSA) is 138 Å². The van der Waals surface area contributed by atoms with Crippen molar-refractivity contribution >= 4 is 29.3 Å². The van der Waals surface area contributed by atoms with Gasteiger partial charge in [0.05, 0.1) is 5.69 Å². The minimum atomic E-state index is -0.954. The van der Waals surface area contributed by atoms with Gasteiger partial charge in [-0.05, 0) is 102 Å². The Balaban J connectivity index is 1.34. The van der Waals surface area contributed by atoms with E-state index < -0.39 is 41.7 Å². The van der Waals surface area contributed by atoms with Crippen molar-refractivity contribution in [2.45, 2.75) is 89.6 Å². The standard InChI is InChI=1S/C35H50FN7O5/c1-7-43-28(14-16-37-43)33(45)40-31(29(22-8-9-22)23-10-11-23)34(46)38-27-13-12-24(18-26(27)36)20(2)30(39-32(44)21(3)48-6)35(47)42-17-15-25(19-42)41(4)5/h12-14,16,18,20-23,25,29-31H,7-11,15,17,19H2,1-6H3,(H,38,46)(H,39,44)(H,40,45)/t20-,21-,25-,30+,31-/m0/s1. The molecular formula is C35H50FN7O5. The molecule has 13 heteroatoms. The summed E-state index contributed by atoms with van der Waals surface area (Å²) in [5.41, 5.74) is 0.837. The fourth-order valence-electron chi connectivity index (χ4n) is 6.88. The van der Waals surface area contributed by atoms with Crippen LogP contribution >= 0.6 is 0 Å². The second-order valence-corrected chi connectivity index (χ2v) is 13.8. The van der Waals surface area contributed by atoms with Crippen molar-refractivity contribution in [3.63, 3.8) is 0 Å². The molecule has 2 heterocycles. The third kappa shape index (κ3) is 8.06. The summed E-state index contributed by atoms with van der Waals surface area (Å²) in [7, 11) is 5.36. The number of nitrogens with one attached hydrogen (secondary N) is 3. The van der Waals surface area contributed by atoms with Gasteiger partial charge in [0.1, 0.15) is 29.7 Å². The monoisotopic (exact) mass is 667 g/mol. The number of carbonyl (C=O) groups excluding carboxylic acids is 4. The van der Waals surface area contributed by atoms with E-state index in [2.05, 4.69) is 25.9 Å². The summed E-state index contributed by atoms with van der Waals surface area (Å²) < 4.78 is 22.5. The van der Waals surface area contributed by atoms with E-state index in [1.165, 1.54) is 19.2 Å². The number of likely N-dealkylation sites (N-methyl/N-ethyl adjacent to an activating group) is 1. The van der Waals surface area contributed by atoms with E-state index in [-0.39, 0.29) is 29.5 Å². The normalized spacial score (nSPS) is 20.4. The second kappa shape index (κ2) is 15.1. The smallest absolute Gasteiger partial charge is 0.270 e. The van der Waals surface area contributed by atoms with Crippen LogP contribution in [0.3, 0.4) is 0 Å². The van der Waals surface area contributed by atoms with Gasteiger partial charge in [-0.3, -0.25) is 23.9 Å². The molecule has 0 bridgehead atoms. The highest BCUT2D eigenvalue weighted by atomic mass is 19.1. The number of carbonyl (C=O) groups is 4. The maximum absolute atomic E-state index is 15.8. The Morgan fingerprint density at radius 3 is 2.25 bits per heavy atom. The van der Waals surface area contributed by atoms with Crippen molar-refractivity contribution in [3.05, 3.63) is 47.5 Å². The number of methoxy groups -OCH3 is 1. The van der Waals surface area contributed by atoms with Crippen LogP contribution in [0.5, 0.6) is 0 Å². The van der Waals surface area contributed by atoms with Gasteiger partial charge in [-0.15, -0.1) is 0 Å². The van der Waals surface area contributed by atoms with Crippen LogP contribution in [0.15, 0.2) is 30.5 Å². The lowest BCUT2D eigenvalue weighted by Gasteiger charge is -2.30. The highest BCUT2D eigenvalue weighted by molar-refractivity contribution is 6.01. The number of ether oxygens (including phenoxy) is 1. The lowest BCUT2D eigenvalue weighted by Crippen LogP contribution is -2.53. The molecule has 3 fully saturated rings. The van der Waals surface area contributed by atoms with Crippen LogP contribution in [0, 0.1) is 23.6 Å². The van der Waals surface area contributed by atoms with Crippen LogP contribution in [0.25, 0.3) is 0 Å². The van der Waals surface area contributed by atoms with Gasteiger partial charge in [0.2, 0.25) is 17.7 Å². The predicted molar refractivity (Wildman–Crippen MR) is 179 cm³/mol. The molecule has 2 aromatic rings. The Kier molecular flexibility index (Phi) is 11.2. The molecule has 0 spiro atoms. The van der Waals surface area contributed by atoms with E-state index in [4.69, 9.17) is 4.74 Å². The molecule has 0 unspecified atom stereocenters. The fourth-order valence-corrected chi connectivity index (χ4v) is 6.88. The van der Waals surface area contributed by atoms with Crippen molar-refractivity contribution < 1.29 is 28.3 Å².